The van der Waals surface area contributed by atoms with E-state index in [4.69, 9.17) is 14.7 Å². The molecule has 1 amide bonds. The minimum atomic E-state index is -0.868. The van der Waals surface area contributed by atoms with Gasteiger partial charge in [-0.25, -0.2) is 13.6 Å². The smallest absolute Gasteiger partial charge is 0.342 e. The van der Waals surface area contributed by atoms with Crippen molar-refractivity contribution in [3.63, 3.8) is 0 Å². The summed E-state index contributed by atoms with van der Waals surface area (Å²) in [4.78, 5) is 29.5. The maximum Gasteiger partial charge on any atom is 0.342 e. The second-order valence-electron chi connectivity index (χ2n) is 14.9. The van der Waals surface area contributed by atoms with Gasteiger partial charge in [0.15, 0.2) is 0 Å². The molecule has 0 aliphatic carbocycles. The van der Waals surface area contributed by atoms with E-state index in [-0.39, 0.29) is 35.2 Å². The van der Waals surface area contributed by atoms with Crippen molar-refractivity contribution in [2.75, 3.05) is 42.6 Å². The standard InChI is InChI=1S/C38H46F2N8O3/c1-4-28-30(40)9-8-24-15-27(49)16-33(34(24)28)45-14-10-29-32(21-45)42-36(51-22-38-11-6-13-47(38)20-26(39)17-38)43-35(29)46-12-5-7-31-25(18-46)19-48(44-31)37(50)41-23(2)3/h8-9,15-16,19,23,26,49H,4-7,10-14,17-18,20-22H2,1-3H3,(H,41,50)/t26-,38+/m1/s1. The number of fused-ring (bicyclic) bond motifs is 4. The number of nitrogens with zero attached hydrogens (tertiary/aromatic N) is 7. The van der Waals surface area contributed by atoms with Gasteiger partial charge in [0.2, 0.25) is 0 Å². The Balaban J connectivity index is 1.16. The highest BCUT2D eigenvalue weighted by Gasteiger charge is 2.49. The minimum Gasteiger partial charge on any atom is -0.508 e. The first-order valence-corrected chi connectivity index (χ1v) is 18.3. The van der Waals surface area contributed by atoms with Crippen molar-refractivity contribution in [1.82, 2.24) is 30.0 Å². The van der Waals surface area contributed by atoms with Crippen molar-refractivity contribution in [3.05, 3.63) is 64.4 Å². The number of benzene rings is 2. The number of rotatable bonds is 7. The maximum atomic E-state index is 15.1. The second kappa shape index (κ2) is 13.2. The Hall–Kier alpha value is -4.52. The molecule has 0 unspecified atom stereocenters. The van der Waals surface area contributed by atoms with Crippen LogP contribution in [0.4, 0.5) is 25.1 Å². The van der Waals surface area contributed by atoms with E-state index in [1.807, 2.05) is 27.0 Å². The van der Waals surface area contributed by atoms with Gasteiger partial charge >= 0.3 is 12.0 Å². The van der Waals surface area contributed by atoms with Crippen molar-refractivity contribution in [1.29, 1.82) is 0 Å². The molecule has 2 fully saturated rings. The second-order valence-corrected chi connectivity index (χ2v) is 14.9. The molecule has 51 heavy (non-hydrogen) atoms. The lowest BCUT2D eigenvalue weighted by atomic mass is 9.95. The molecule has 2 aromatic heterocycles. The number of carbonyl (C=O) groups is 1. The Morgan fingerprint density at radius 2 is 1.96 bits per heavy atom. The fraction of sp³-hybridized carbons (Fsp3) is 0.526. The summed E-state index contributed by atoms with van der Waals surface area (Å²) in [5, 5.41) is 19.9. The van der Waals surface area contributed by atoms with Crippen molar-refractivity contribution in [2.45, 2.75) is 96.6 Å². The third-order valence-electron chi connectivity index (χ3n) is 11.1. The zero-order chi connectivity index (χ0) is 35.4. The van der Waals surface area contributed by atoms with Crippen LogP contribution in [-0.2, 0) is 32.4 Å². The van der Waals surface area contributed by atoms with Gasteiger partial charge in [0.25, 0.3) is 0 Å². The lowest BCUT2D eigenvalue weighted by Crippen LogP contribution is -2.43. The Morgan fingerprint density at radius 3 is 2.78 bits per heavy atom. The Bertz CT molecular complexity index is 1980. The molecule has 8 rings (SSSR count). The van der Waals surface area contributed by atoms with E-state index in [0.29, 0.717) is 57.6 Å². The summed E-state index contributed by atoms with van der Waals surface area (Å²) in [5.41, 5.74) is 4.73. The molecule has 2 atom stereocenters. The summed E-state index contributed by atoms with van der Waals surface area (Å²) in [6, 6.07) is 6.57. The summed E-state index contributed by atoms with van der Waals surface area (Å²) < 4.78 is 37.6. The molecular formula is C38H46F2N8O3. The van der Waals surface area contributed by atoms with E-state index in [1.165, 1.54) is 10.7 Å². The topological polar surface area (TPSA) is 112 Å². The van der Waals surface area contributed by atoms with Crippen LogP contribution in [0.25, 0.3) is 10.8 Å². The van der Waals surface area contributed by atoms with Gasteiger partial charge in [0.05, 0.1) is 23.5 Å². The number of alkyl halides is 1. The fourth-order valence-electron chi connectivity index (χ4n) is 8.75. The summed E-state index contributed by atoms with van der Waals surface area (Å²) in [6.07, 6.45) is 5.99. The molecule has 0 bridgehead atoms. The van der Waals surface area contributed by atoms with Gasteiger partial charge in [-0.05, 0) is 82.0 Å². The number of anilines is 2. The molecule has 6 heterocycles. The van der Waals surface area contributed by atoms with Crippen LogP contribution in [0.15, 0.2) is 30.5 Å². The van der Waals surface area contributed by atoms with E-state index in [0.717, 1.165) is 83.6 Å². The molecule has 11 nitrogen and oxygen atoms in total. The highest BCUT2D eigenvalue weighted by Crippen LogP contribution is 2.42. The van der Waals surface area contributed by atoms with Gasteiger partial charge in [0.1, 0.15) is 30.2 Å². The Morgan fingerprint density at radius 1 is 1.10 bits per heavy atom. The summed E-state index contributed by atoms with van der Waals surface area (Å²) in [6.45, 7) is 9.68. The largest absolute Gasteiger partial charge is 0.508 e. The predicted octanol–water partition coefficient (Wildman–Crippen LogP) is 5.67. The van der Waals surface area contributed by atoms with Crippen LogP contribution in [0.2, 0.25) is 0 Å². The number of hydrogen-bond donors (Lipinski definition) is 2. The predicted molar refractivity (Wildman–Crippen MR) is 191 cm³/mol. The van der Waals surface area contributed by atoms with E-state index < -0.39 is 6.17 Å². The third-order valence-corrected chi connectivity index (χ3v) is 11.1. The lowest BCUT2D eigenvalue weighted by Gasteiger charge is -2.35. The zero-order valence-electron chi connectivity index (χ0n) is 29.6. The molecule has 4 aliphatic rings. The molecular weight excluding hydrogens is 654 g/mol. The molecule has 2 N–H and O–H groups in total. The number of aryl methyl sites for hydroxylation is 2. The van der Waals surface area contributed by atoms with Gasteiger partial charge in [-0.1, -0.05) is 13.0 Å². The number of carbonyl (C=O) groups excluding carboxylic acids is 1. The molecule has 0 spiro atoms. The number of amides is 1. The van der Waals surface area contributed by atoms with Crippen LogP contribution in [0.3, 0.4) is 0 Å². The molecule has 4 aromatic rings. The van der Waals surface area contributed by atoms with Crippen LogP contribution >= 0.6 is 0 Å². The van der Waals surface area contributed by atoms with Gasteiger partial charge < -0.3 is 25.0 Å². The highest BCUT2D eigenvalue weighted by atomic mass is 19.1. The normalized spacial score (nSPS) is 21.9. The number of aromatic hydroxyl groups is 1. The zero-order valence-corrected chi connectivity index (χ0v) is 29.6. The van der Waals surface area contributed by atoms with Crippen LogP contribution in [0.5, 0.6) is 11.8 Å². The fourth-order valence-corrected chi connectivity index (χ4v) is 8.75. The van der Waals surface area contributed by atoms with Crippen LogP contribution in [0, 0.1) is 5.82 Å². The van der Waals surface area contributed by atoms with Crippen molar-refractivity contribution < 1.29 is 23.4 Å². The number of phenols is 1. The third kappa shape index (κ3) is 6.23. The van der Waals surface area contributed by atoms with E-state index in [1.54, 1.807) is 18.2 Å². The van der Waals surface area contributed by atoms with Gasteiger partial charge in [-0.3, -0.25) is 4.90 Å². The van der Waals surface area contributed by atoms with Gasteiger partial charge in [0, 0.05) is 73.1 Å². The highest BCUT2D eigenvalue weighted by molar-refractivity contribution is 5.98. The lowest BCUT2D eigenvalue weighted by molar-refractivity contribution is 0.107. The molecule has 13 heteroatoms. The summed E-state index contributed by atoms with van der Waals surface area (Å²) in [7, 11) is 0. The maximum absolute atomic E-state index is 15.1. The molecule has 0 radical (unpaired) electrons. The van der Waals surface area contributed by atoms with E-state index >= 15 is 4.39 Å². The molecule has 4 aliphatic heterocycles. The first-order chi connectivity index (χ1) is 24.6. The van der Waals surface area contributed by atoms with E-state index in [9.17, 15) is 14.3 Å². The average molecular weight is 701 g/mol. The van der Waals surface area contributed by atoms with Gasteiger partial charge in [-0.15, -0.1) is 0 Å². The number of hydrogen-bond acceptors (Lipinski definition) is 9. The molecule has 270 valence electrons. The van der Waals surface area contributed by atoms with Crippen molar-refractivity contribution >= 4 is 28.3 Å². The molecule has 0 saturated carbocycles. The number of halogens is 2. The van der Waals surface area contributed by atoms with E-state index in [2.05, 4.69) is 25.1 Å². The molecule has 2 aromatic carbocycles. The monoisotopic (exact) mass is 700 g/mol. The van der Waals surface area contributed by atoms with Crippen molar-refractivity contribution in [2.24, 2.45) is 0 Å². The molecule has 2 saturated heterocycles. The first kappa shape index (κ1) is 33.6. The average Bonchev–Trinajstić information content (AvgIpc) is 3.73. The first-order valence-electron chi connectivity index (χ1n) is 18.3. The summed E-state index contributed by atoms with van der Waals surface area (Å²) in [5.74, 6) is 0.650. The Labute approximate surface area is 296 Å². The van der Waals surface area contributed by atoms with Crippen molar-refractivity contribution in [3.8, 4) is 11.8 Å². The Kier molecular flexibility index (Phi) is 8.72. The van der Waals surface area contributed by atoms with Crippen LogP contribution in [0.1, 0.15) is 74.5 Å². The number of ether oxygens (including phenoxy) is 1. The number of nitrogens with one attached hydrogen (secondary N) is 1. The summed E-state index contributed by atoms with van der Waals surface area (Å²) >= 11 is 0. The van der Waals surface area contributed by atoms with Crippen LogP contribution in [-0.4, -0.2) is 86.3 Å². The van der Waals surface area contributed by atoms with Gasteiger partial charge in [-0.2, -0.15) is 19.7 Å². The number of aromatic nitrogens is 4. The SMILES string of the molecule is CCc1c(F)ccc2cc(O)cc(N3CCc4c(nc(OC[C@@]56CCCN5C[C@H](F)C6)nc4N4CCCc5nn(C(=O)NC(C)C)cc5C4)C3)c12. The minimum absolute atomic E-state index is 0.00941. The number of phenolic OH excluding ortho intramolecular Hbond substituents is 1. The van der Waals surface area contributed by atoms with Crippen LogP contribution < -0.4 is 19.9 Å². The quantitative estimate of drug-likeness (QED) is 0.252.